The number of fused-ring (bicyclic) bond motifs is 1. The lowest BCUT2D eigenvalue weighted by molar-refractivity contribution is 0.295. The minimum absolute atomic E-state index is 0.736. The summed E-state index contributed by atoms with van der Waals surface area (Å²) in [5.41, 5.74) is 0.999. The second-order valence-electron chi connectivity index (χ2n) is 4.25. The highest BCUT2D eigenvalue weighted by Crippen LogP contribution is 2.16. The van der Waals surface area contributed by atoms with Gasteiger partial charge < -0.3 is 4.74 Å². The first-order chi connectivity index (χ1) is 8.40. The van der Waals surface area contributed by atoms with Crippen LogP contribution in [0.3, 0.4) is 0 Å². The molecule has 0 saturated carbocycles. The highest BCUT2D eigenvalue weighted by atomic mass is 16.5. The van der Waals surface area contributed by atoms with Gasteiger partial charge in [0.05, 0.1) is 12.1 Å². The number of para-hydroxylation sites is 1. The lowest BCUT2D eigenvalue weighted by Crippen LogP contribution is -1.98. The molecule has 0 bridgehead atoms. The van der Waals surface area contributed by atoms with Crippen molar-refractivity contribution in [3.63, 3.8) is 0 Å². The summed E-state index contributed by atoms with van der Waals surface area (Å²) >= 11 is 0. The SMILES string of the molecule is CCCCCCOc1ccc2ccccc2n1. The van der Waals surface area contributed by atoms with Crippen molar-refractivity contribution < 1.29 is 4.74 Å². The fraction of sp³-hybridized carbons (Fsp3) is 0.400. The van der Waals surface area contributed by atoms with E-state index in [0.717, 1.165) is 29.8 Å². The Bertz CT molecular complexity index is 467. The zero-order chi connectivity index (χ0) is 11.9. The van der Waals surface area contributed by atoms with Crippen LogP contribution in [-0.2, 0) is 0 Å². The van der Waals surface area contributed by atoms with E-state index < -0.39 is 0 Å². The van der Waals surface area contributed by atoms with Crippen molar-refractivity contribution in [2.75, 3.05) is 6.61 Å². The van der Waals surface area contributed by atoms with Gasteiger partial charge >= 0.3 is 0 Å². The number of ether oxygens (including phenoxy) is 1. The molecule has 2 rings (SSSR count). The van der Waals surface area contributed by atoms with Crippen molar-refractivity contribution in [3.05, 3.63) is 36.4 Å². The number of pyridine rings is 1. The highest BCUT2D eigenvalue weighted by Gasteiger charge is 1.98. The normalized spacial score (nSPS) is 10.6. The molecule has 0 spiro atoms. The molecule has 2 aromatic rings. The average Bonchev–Trinajstić information content (AvgIpc) is 2.38. The first-order valence-electron chi connectivity index (χ1n) is 6.39. The minimum atomic E-state index is 0.736. The Hall–Kier alpha value is -1.57. The molecule has 0 atom stereocenters. The van der Waals surface area contributed by atoms with E-state index in [9.17, 15) is 0 Å². The van der Waals surface area contributed by atoms with E-state index in [1.165, 1.54) is 19.3 Å². The molecule has 2 nitrogen and oxygen atoms in total. The Morgan fingerprint density at radius 1 is 1.00 bits per heavy atom. The molecular weight excluding hydrogens is 210 g/mol. The van der Waals surface area contributed by atoms with E-state index in [4.69, 9.17) is 4.74 Å². The molecule has 1 heterocycles. The predicted octanol–water partition coefficient (Wildman–Crippen LogP) is 4.19. The molecule has 0 aliphatic rings. The van der Waals surface area contributed by atoms with Crippen molar-refractivity contribution in [2.24, 2.45) is 0 Å². The smallest absolute Gasteiger partial charge is 0.213 e. The summed E-state index contributed by atoms with van der Waals surface area (Å²) in [6, 6.07) is 12.1. The maximum absolute atomic E-state index is 5.65. The van der Waals surface area contributed by atoms with Gasteiger partial charge in [0.15, 0.2) is 0 Å². The molecule has 90 valence electrons. The van der Waals surface area contributed by atoms with Crippen molar-refractivity contribution in [2.45, 2.75) is 32.6 Å². The second-order valence-corrected chi connectivity index (χ2v) is 4.25. The summed E-state index contributed by atoms with van der Waals surface area (Å²) in [6.07, 6.45) is 4.90. The zero-order valence-electron chi connectivity index (χ0n) is 10.4. The van der Waals surface area contributed by atoms with Gasteiger partial charge in [0.25, 0.3) is 0 Å². The molecule has 1 aromatic heterocycles. The van der Waals surface area contributed by atoms with E-state index in [1.54, 1.807) is 0 Å². The van der Waals surface area contributed by atoms with Gasteiger partial charge in [-0.15, -0.1) is 0 Å². The van der Waals surface area contributed by atoms with Crippen LogP contribution in [0.25, 0.3) is 10.9 Å². The molecule has 0 amide bonds. The Balaban J connectivity index is 1.90. The summed E-state index contributed by atoms with van der Waals surface area (Å²) in [4.78, 5) is 4.47. The number of benzene rings is 1. The van der Waals surface area contributed by atoms with E-state index in [1.807, 2.05) is 24.3 Å². The molecule has 1 aromatic carbocycles. The van der Waals surface area contributed by atoms with Crippen molar-refractivity contribution in [1.82, 2.24) is 4.98 Å². The topological polar surface area (TPSA) is 22.1 Å². The van der Waals surface area contributed by atoms with Crippen molar-refractivity contribution >= 4 is 10.9 Å². The molecule has 0 aliphatic carbocycles. The standard InChI is InChI=1S/C15H19NO/c1-2-3-4-7-12-17-15-11-10-13-8-5-6-9-14(13)16-15/h5-6,8-11H,2-4,7,12H2,1H3. The summed E-state index contributed by atoms with van der Waals surface area (Å²) in [5, 5.41) is 1.16. The predicted molar refractivity (Wildman–Crippen MR) is 71.4 cm³/mol. The van der Waals surface area contributed by atoms with Crippen LogP contribution < -0.4 is 4.74 Å². The Morgan fingerprint density at radius 2 is 1.88 bits per heavy atom. The van der Waals surface area contributed by atoms with Gasteiger partial charge in [-0.05, 0) is 18.6 Å². The van der Waals surface area contributed by atoms with E-state index in [0.29, 0.717) is 0 Å². The molecule has 0 saturated heterocycles. The summed E-state index contributed by atoms with van der Waals surface area (Å²) in [7, 11) is 0. The van der Waals surface area contributed by atoms with Crippen molar-refractivity contribution in [3.8, 4) is 5.88 Å². The number of aromatic nitrogens is 1. The molecule has 0 radical (unpaired) electrons. The van der Waals surface area contributed by atoms with Crippen LogP contribution in [-0.4, -0.2) is 11.6 Å². The van der Waals surface area contributed by atoms with Gasteiger partial charge in [-0.2, -0.15) is 0 Å². The highest BCUT2D eigenvalue weighted by molar-refractivity contribution is 5.78. The molecule has 0 unspecified atom stereocenters. The molecule has 0 aliphatic heterocycles. The maximum atomic E-state index is 5.65. The van der Waals surface area contributed by atoms with Crippen LogP contribution in [0.1, 0.15) is 32.6 Å². The van der Waals surface area contributed by atoms with Crippen LogP contribution >= 0.6 is 0 Å². The van der Waals surface area contributed by atoms with Gasteiger partial charge in [-0.25, -0.2) is 4.98 Å². The quantitative estimate of drug-likeness (QED) is 0.693. The summed E-state index contributed by atoms with van der Waals surface area (Å²) < 4.78 is 5.65. The molecule has 0 N–H and O–H groups in total. The van der Waals surface area contributed by atoms with Gasteiger partial charge in [0.2, 0.25) is 5.88 Å². The summed E-state index contributed by atoms with van der Waals surface area (Å²) in [6.45, 7) is 2.98. The minimum Gasteiger partial charge on any atom is -0.478 e. The Kier molecular flexibility index (Phi) is 4.37. The average molecular weight is 229 g/mol. The molecule has 0 fully saturated rings. The van der Waals surface area contributed by atoms with Crippen LogP contribution in [0, 0.1) is 0 Å². The number of unbranched alkanes of at least 4 members (excludes halogenated alkanes) is 3. The van der Waals surface area contributed by atoms with Crippen LogP contribution in [0.4, 0.5) is 0 Å². The Labute approximate surface area is 103 Å². The fourth-order valence-electron chi connectivity index (χ4n) is 1.83. The third-order valence-electron chi connectivity index (χ3n) is 2.82. The van der Waals surface area contributed by atoms with E-state index in [2.05, 4.69) is 24.0 Å². The van der Waals surface area contributed by atoms with Gasteiger partial charge in [0, 0.05) is 11.5 Å². The first-order valence-corrected chi connectivity index (χ1v) is 6.39. The maximum Gasteiger partial charge on any atom is 0.213 e. The lowest BCUT2D eigenvalue weighted by Gasteiger charge is -2.05. The van der Waals surface area contributed by atoms with Crippen LogP contribution in [0.15, 0.2) is 36.4 Å². The van der Waals surface area contributed by atoms with Crippen LogP contribution in [0.5, 0.6) is 5.88 Å². The lowest BCUT2D eigenvalue weighted by atomic mass is 10.2. The van der Waals surface area contributed by atoms with Gasteiger partial charge in [0.1, 0.15) is 0 Å². The second kappa shape index (κ2) is 6.24. The van der Waals surface area contributed by atoms with E-state index >= 15 is 0 Å². The Morgan fingerprint density at radius 3 is 2.76 bits per heavy atom. The number of hydrogen-bond acceptors (Lipinski definition) is 2. The third kappa shape index (κ3) is 3.45. The monoisotopic (exact) mass is 229 g/mol. The molecule has 17 heavy (non-hydrogen) atoms. The number of rotatable bonds is 6. The zero-order valence-corrected chi connectivity index (χ0v) is 10.4. The van der Waals surface area contributed by atoms with E-state index in [-0.39, 0.29) is 0 Å². The third-order valence-corrected chi connectivity index (χ3v) is 2.82. The van der Waals surface area contributed by atoms with Gasteiger partial charge in [-0.1, -0.05) is 44.4 Å². The largest absolute Gasteiger partial charge is 0.478 e. The van der Waals surface area contributed by atoms with Crippen LogP contribution in [0.2, 0.25) is 0 Å². The molecular formula is C15H19NO. The van der Waals surface area contributed by atoms with Crippen molar-refractivity contribution in [1.29, 1.82) is 0 Å². The number of hydrogen-bond donors (Lipinski definition) is 0. The summed E-state index contributed by atoms with van der Waals surface area (Å²) in [5.74, 6) is 0.736. The first kappa shape index (κ1) is 11.9. The van der Waals surface area contributed by atoms with Gasteiger partial charge in [-0.3, -0.25) is 0 Å². The molecule has 2 heteroatoms. The fourth-order valence-corrected chi connectivity index (χ4v) is 1.83. The number of nitrogens with zero attached hydrogens (tertiary/aromatic N) is 1.